The molecule has 0 radical (unpaired) electrons. The smallest absolute Gasteiger partial charge is 0.138 e. The average Bonchev–Trinajstić information content (AvgIpc) is 2.82. The fraction of sp³-hybridized carbons (Fsp3) is 0.769. The van der Waals surface area contributed by atoms with Gasteiger partial charge in [0.05, 0.1) is 0 Å². The zero-order chi connectivity index (χ0) is 12.3. The van der Waals surface area contributed by atoms with Crippen molar-refractivity contribution in [2.24, 2.45) is 11.7 Å². The Morgan fingerprint density at radius 1 is 1.53 bits per heavy atom. The van der Waals surface area contributed by atoms with Gasteiger partial charge in [0.15, 0.2) is 0 Å². The van der Waals surface area contributed by atoms with E-state index in [1.807, 2.05) is 13.1 Å². The van der Waals surface area contributed by atoms with Crippen LogP contribution in [0.1, 0.15) is 51.0 Å². The molecule has 0 atom stereocenters. The zero-order valence-corrected chi connectivity index (χ0v) is 10.8. The molecule has 0 amide bonds. The zero-order valence-electron chi connectivity index (χ0n) is 10.8. The molecular formula is C13H23N3O. The number of nitrogens with zero attached hydrogens (tertiary/aromatic N) is 1. The molecule has 17 heavy (non-hydrogen) atoms. The number of nitrogens with one attached hydrogen (secondary N) is 1. The van der Waals surface area contributed by atoms with Gasteiger partial charge in [-0.1, -0.05) is 6.92 Å². The molecule has 1 heterocycles. The molecule has 1 aromatic heterocycles. The van der Waals surface area contributed by atoms with Crippen molar-refractivity contribution in [2.75, 3.05) is 6.61 Å². The molecule has 0 bridgehead atoms. The summed E-state index contributed by atoms with van der Waals surface area (Å²) in [5.41, 5.74) is 6.40. The molecule has 0 spiro atoms. The Morgan fingerprint density at radius 2 is 2.24 bits per heavy atom. The van der Waals surface area contributed by atoms with Crippen LogP contribution in [0.4, 0.5) is 0 Å². The molecule has 4 nitrogen and oxygen atoms in total. The Bertz CT molecular complexity index is 353. The van der Waals surface area contributed by atoms with E-state index in [0.717, 1.165) is 36.9 Å². The summed E-state index contributed by atoms with van der Waals surface area (Å²) in [4.78, 5) is 7.78. The van der Waals surface area contributed by atoms with Gasteiger partial charge < -0.3 is 15.5 Å². The first-order chi connectivity index (χ1) is 8.20. The van der Waals surface area contributed by atoms with E-state index in [1.54, 1.807) is 0 Å². The number of hydrogen-bond acceptors (Lipinski definition) is 3. The van der Waals surface area contributed by atoms with E-state index in [9.17, 15) is 0 Å². The van der Waals surface area contributed by atoms with E-state index in [1.165, 1.54) is 12.8 Å². The van der Waals surface area contributed by atoms with Crippen LogP contribution >= 0.6 is 0 Å². The van der Waals surface area contributed by atoms with Crippen molar-refractivity contribution in [3.05, 3.63) is 17.7 Å². The van der Waals surface area contributed by atoms with E-state index in [2.05, 4.69) is 16.9 Å². The summed E-state index contributed by atoms with van der Waals surface area (Å²) in [5, 5.41) is 0. The molecule has 0 unspecified atom stereocenters. The fourth-order valence-corrected chi connectivity index (χ4v) is 2.65. The Morgan fingerprint density at radius 3 is 2.76 bits per heavy atom. The Balaban J connectivity index is 2.21. The summed E-state index contributed by atoms with van der Waals surface area (Å²) in [5.74, 6) is 1.76. The third-order valence-corrected chi connectivity index (χ3v) is 3.78. The number of nitrogens with two attached hydrogens (primary N) is 1. The van der Waals surface area contributed by atoms with Gasteiger partial charge in [-0.25, -0.2) is 4.98 Å². The van der Waals surface area contributed by atoms with Gasteiger partial charge in [0.1, 0.15) is 11.4 Å². The number of imidazole rings is 1. The van der Waals surface area contributed by atoms with Crippen molar-refractivity contribution >= 4 is 0 Å². The largest absolute Gasteiger partial charge is 0.367 e. The maximum atomic E-state index is 6.03. The molecule has 1 fully saturated rings. The SMILES string of the molecule is CCOC1(c2ncc(CN)[nH]2)CCC(C)CC1. The van der Waals surface area contributed by atoms with Gasteiger partial charge in [0.2, 0.25) is 0 Å². The summed E-state index contributed by atoms with van der Waals surface area (Å²) >= 11 is 0. The first-order valence-corrected chi connectivity index (χ1v) is 6.58. The number of hydrogen-bond donors (Lipinski definition) is 2. The first-order valence-electron chi connectivity index (χ1n) is 6.58. The number of aromatic nitrogens is 2. The van der Waals surface area contributed by atoms with Crippen molar-refractivity contribution in [1.82, 2.24) is 9.97 Å². The summed E-state index contributed by atoms with van der Waals surface area (Å²) in [7, 11) is 0. The van der Waals surface area contributed by atoms with E-state index >= 15 is 0 Å². The lowest BCUT2D eigenvalue weighted by atomic mass is 9.79. The molecule has 1 saturated carbocycles. The summed E-state index contributed by atoms with van der Waals surface area (Å²) in [6.45, 7) is 5.59. The summed E-state index contributed by atoms with van der Waals surface area (Å²) in [6.07, 6.45) is 6.35. The van der Waals surface area contributed by atoms with Gasteiger partial charge >= 0.3 is 0 Å². The summed E-state index contributed by atoms with van der Waals surface area (Å²) in [6, 6.07) is 0. The number of rotatable bonds is 4. The minimum absolute atomic E-state index is 0.200. The Kier molecular flexibility index (Phi) is 3.84. The van der Waals surface area contributed by atoms with Crippen LogP contribution in [0.3, 0.4) is 0 Å². The predicted molar refractivity (Wildman–Crippen MR) is 67.4 cm³/mol. The predicted octanol–water partition coefficient (Wildman–Crippen LogP) is 2.31. The van der Waals surface area contributed by atoms with Crippen LogP contribution in [0.5, 0.6) is 0 Å². The highest BCUT2D eigenvalue weighted by Gasteiger charge is 2.38. The van der Waals surface area contributed by atoms with E-state index in [0.29, 0.717) is 6.54 Å². The third kappa shape index (κ3) is 2.53. The minimum Gasteiger partial charge on any atom is -0.367 e. The molecular weight excluding hydrogens is 214 g/mol. The van der Waals surface area contributed by atoms with Crippen molar-refractivity contribution in [2.45, 2.75) is 51.7 Å². The maximum Gasteiger partial charge on any atom is 0.138 e. The topological polar surface area (TPSA) is 63.9 Å². The van der Waals surface area contributed by atoms with Crippen LogP contribution < -0.4 is 5.73 Å². The van der Waals surface area contributed by atoms with Gasteiger partial charge in [-0.15, -0.1) is 0 Å². The highest BCUT2D eigenvalue weighted by atomic mass is 16.5. The first kappa shape index (κ1) is 12.6. The molecule has 0 aromatic carbocycles. The second-order valence-electron chi connectivity index (χ2n) is 5.07. The second kappa shape index (κ2) is 5.19. The van der Waals surface area contributed by atoms with Crippen LogP contribution in [0.2, 0.25) is 0 Å². The lowest BCUT2D eigenvalue weighted by Gasteiger charge is -2.37. The van der Waals surface area contributed by atoms with Crippen LogP contribution in [0.25, 0.3) is 0 Å². The molecule has 2 rings (SSSR count). The molecule has 1 aromatic rings. The van der Waals surface area contributed by atoms with E-state index in [4.69, 9.17) is 10.5 Å². The molecule has 1 aliphatic rings. The molecule has 1 aliphatic carbocycles. The normalized spacial score (nSPS) is 29.5. The van der Waals surface area contributed by atoms with Crippen LogP contribution in [-0.2, 0) is 16.9 Å². The minimum atomic E-state index is -0.200. The highest BCUT2D eigenvalue weighted by molar-refractivity contribution is 5.10. The number of ether oxygens (including phenoxy) is 1. The van der Waals surface area contributed by atoms with Gasteiger partial charge in [0.25, 0.3) is 0 Å². The Hall–Kier alpha value is -0.870. The van der Waals surface area contributed by atoms with Crippen molar-refractivity contribution in [3.63, 3.8) is 0 Å². The summed E-state index contributed by atoms with van der Waals surface area (Å²) < 4.78 is 6.03. The van der Waals surface area contributed by atoms with Gasteiger partial charge in [-0.2, -0.15) is 0 Å². The van der Waals surface area contributed by atoms with Crippen LogP contribution in [0.15, 0.2) is 6.20 Å². The molecule has 0 aliphatic heterocycles. The molecule has 4 heteroatoms. The van der Waals surface area contributed by atoms with Crippen molar-refractivity contribution < 1.29 is 4.74 Å². The van der Waals surface area contributed by atoms with Gasteiger partial charge in [-0.3, -0.25) is 0 Å². The van der Waals surface area contributed by atoms with Gasteiger partial charge in [-0.05, 0) is 38.5 Å². The second-order valence-corrected chi connectivity index (χ2v) is 5.07. The number of aromatic amines is 1. The third-order valence-electron chi connectivity index (χ3n) is 3.78. The van der Waals surface area contributed by atoms with E-state index < -0.39 is 0 Å². The van der Waals surface area contributed by atoms with Crippen LogP contribution in [-0.4, -0.2) is 16.6 Å². The standard InChI is InChI=1S/C13H23N3O/c1-3-17-13(6-4-10(2)5-7-13)12-15-9-11(8-14)16-12/h9-10H,3-8,14H2,1-2H3,(H,15,16). The lowest BCUT2D eigenvalue weighted by Crippen LogP contribution is -2.35. The number of H-pyrrole nitrogens is 1. The molecule has 96 valence electrons. The monoisotopic (exact) mass is 237 g/mol. The Labute approximate surface area is 103 Å². The maximum absolute atomic E-state index is 6.03. The van der Waals surface area contributed by atoms with Crippen molar-refractivity contribution in [1.29, 1.82) is 0 Å². The molecule has 3 N–H and O–H groups in total. The average molecular weight is 237 g/mol. The lowest BCUT2D eigenvalue weighted by molar-refractivity contribution is -0.0832. The van der Waals surface area contributed by atoms with E-state index in [-0.39, 0.29) is 5.60 Å². The highest BCUT2D eigenvalue weighted by Crippen LogP contribution is 2.41. The van der Waals surface area contributed by atoms with Crippen molar-refractivity contribution in [3.8, 4) is 0 Å². The van der Waals surface area contributed by atoms with Crippen LogP contribution in [0, 0.1) is 5.92 Å². The fourth-order valence-electron chi connectivity index (χ4n) is 2.65. The molecule has 0 saturated heterocycles. The van der Waals surface area contributed by atoms with Gasteiger partial charge in [0, 0.05) is 25.0 Å². The quantitative estimate of drug-likeness (QED) is 0.844.